The first-order chi connectivity index (χ1) is 16.0. The molecular formula is C18H32O16. The average molecular weight is 504 g/mol. The summed E-state index contributed by atoms with van der Waals surface area (Å²) in [6, 6.07) is 0. The molecule has 14 atom stereocenters. The Kier molecular flexibility index (Phi) is 9.18. The van der Waals surface area contributed by atoms with Crippen LogP contribution in [0, 0.1) is 0 Å². The summed E-state index contributed by atoms with van der Waals surface area (Å²) >= 11 is 0. The lowest BCUT2D eigenvalue weighted by atomic mass is 9.97. The van der Waals surface area contributed by atoms with Crippen molar-refractivity contribution < 1.29 is 79.9 Å². The number of ether oxygens (including phenoxy) is 5. The standard InChI is InChI=1S/C18H32O16/c19-1-5-8(22)11(25)12(26)17(32-5)33-14-9(23)6(2-20)31-16(13(14)27)30-3-7-10(24)15(28)18(29,4-21)34-7/h5-17,19-29H,1-4H2/t5-,6-,7-,8+,9-,10-,11+,12-,13-,14+,15+,16+,17+,18-/m1/s1. The first kappa shape index (κ1) is 27.9. The second kappa shape index (κ2) is 11.2. The summed E-state index contributed by atoms with van der Waals surface area (Å²) < 4.78 is 26.3. The number of rotatable bonds is 8. The Labute approximate surface area is 192 Å². The van der Waals surface area contributed by atoms with E-state index in [-0.39, 0.29) is 0 Å². The summed E-state index contributed by atoms with van der Waals surface area (Å²) in [6.45, 7) is -3.14. The second-order valence-corrected chi connectivity index (χ2v) is 8.43. The molecule has 0 radical (unpaired) electrons. The van der Waals surface area contributed by atoms with Gasteiger partial charge in [0.05, 0.1) is 26.4 Å². The van der Waals surface area contributed by atoms with E-state index < -0.39 is 112 Å². The van der Waals surface area contributed by atoms with Crippen LogP contribution in [-0.4, -0.2) is 168 Å². The van der Waals surface area contributed by atoms with E-state index in [2.05, 4.69) is 0 Å². The van der Waals surface area contributed by atoms with Crippen LogP contribution in [0.15, 0.2) is 0 Å². The molecule has 0 amide bonds. The largest absolute Gasteiger partial charge is 0.394 e. The van der Waals surface area contributed by atoms with Crippen molar-refractivity contribution in [3.8, 4) is 0 Å². The van der Waals surface area contributed by atoms with E-state index in [9.17, 15) is 51.1 Å². The predicted octanol–water partition coefficient (Wildman–Crippen LogP) is -7.57. The highest BCUT2D eigenvalue weighted by Crippen LogP contribution is 2.32. The van der Waals surface area contributed by atoms with Gasteiger partial charge in [-0.3, -0.25) is 0 Å². The zero-order valence-electron chi connectivity index (χ0n) is 17.8. The van der Waals surface area contributed by atoms with Crippen LogP contribution in [0.1, 0.15) is 0 Å². The van der Waals surface area contributed by atoms with Gasteiger partial charge in [-0.1, -0.05) is 0 Å². The molecule has 0 aromatic rings. The highest BCUT2D eigenvalue weighted by Gasteiger charge is 2.54. The maximum atomic E-state index is 10.7. The minimum atomic E-state index is -2.45. The smallest absolute Gasteiger partial charge is 0.219 e. The van der Waals surface area contributed by atoms with Gasteiger partial charge >= 0.3 is 0 Å². The van der Waals surface area contributed by atoms with Gasteiger partial charge in [0.2, 0.25) is 5.79 Å². The maximum Gasteiger partial charge on any atom is 0.219 e. The number of hydrogen-bond donors (Lipinski definition) is 11. The van der Waals surface area contributed by atoms with Crippen LogP contribution < -0.4 is 0 Å². The molecule has 3 saturated heterocycles. The highest BCUT2D eigenvalue weighted by atomic mass is 16.7. The summed E-state index contributed by atoms with van der Waals surface area (Å²) in [6.07, 6.45) is -21.4. The van der Waals surface area contributed by atoms with E-state index in [4.69, 9.17) is 28.8 Å². The Morgan fingerprint density at radius 1 is 0.647 bits per heavy atom. The van der Waals surface area contributed by atoms with Gasteiger partial charge in [0.1, 0.15) is 67.1 Å². The molecule has 11 N–H and O–H groups in total. The van der Waals surface area contributed by atoms with Gasteiger partial charge in [-0.2, -0.15) is 0 Å². The highest BCUT2D eigenvalue weighted by molar-refractivity contribution is 4.97. The first-order valence-electron chi connectivity index (χ1n) is 10.6. The van der Waals surface area contributed by atoms with E-state index in [0.717, 1.165) is 0 Å². The summed E-state index contributed by atoms with van der Waals surface area (Å²) in [5, 5.41) is 109. The van der Waals surface area contributed by atoms with Gasteiger partial charge in [0, 0.05) is 0 Å². The van der Waals surface area contributed by atoms with Gasteiger partial charge in [-0.15, -0.1) is 0 Å². The molecule has 200 valence electrons. The predicted molar refractivity (Wildman–Crippen MR) is 101 cm³/mol. The van der Waals surface area contributed by atoms with E-state index in [0.29, 0.717) is 0 Å². The quantitative estimate of drug-likeness (QED) is 0.146. The van der Waals surface area contributed by atoms with Crippen LogP contribution in [0.25, 0.3) is 0 Å². The maximum absolute atomic E-state index is 10.7. The normalized spacial score (nSPS) is 52.1. The SMILES string of the molecule is OC[C@H]1O[C@@H](O[C@@H]2[C@@H](O)[C@@H](OC[C@H]3O[C@](O)(CO)[C@@H](O)[C@@H]3O)O[C@H](CO)[C@H]2O)[C@H](O)[C@@H](O)[C@H]1O. The van der Waals surface area contributed by atoms with Crippen LogP contribution in [0.5, 0.6) is 0 Å². The first-order valence-corrected chi connectivity index (χ1v) is 10.6. The van der Waals surface area contributed by atoms with Gasteiger partial charge in [0.15, 0.2) is 12.6 Å². The Morgan fingerprint density at radius 3 is 1.79 bits per heavy atom. The second-order valence-electron chi connectivity index (χ2n) is 8.43. The van der Waals surface area contributed by atoms with Crippen LogP contribution in [0.4, 0.5) is 0 Å². The van der Waals surface area contributed by atoms with Gasteiger partial charge in [-0.25, -0.2) is 0 Å². The molecule has 3 fully saturated rings. The van der Waals surface area contributed by atoms with Crippen molar-refractivity contribution in [1.29, 1.82) is 0 Å². The van der Waals surface area contributed by atoms with Crippen molar-refractivity contribution in [3.63, 3.8) is 0 Å². The molecule has 3 rings (SSSR count). The summed E-state index contributed by atoms with van der Waals surface area (Å²) in [4.78, 5) is 0. The molecule has 0 aliphatic carbocycles. The molecular weight excluding hydrogens is 472 g/mol. The lowest BCUT2D eigenvalue weighted by Crippen LogP contribution is -2.65. The lowest BCUT2D eigenvalue weighted by Gasteiger charge is -2.46. The van der Waals surface area contributed by atoms with E-state index in [1.54, 1.807) is 0 Å². The summed E-state index contributed by atoms with van der Waals surface area (Å²) in [5.41, 5.74) is 0. The van der Waals surface area contributed by atoms with Crippen molar-refractivity contribution in [2.45, 2.75) is 85.5 Å². The number of hydrogen-bond acceptors (Lipinski definition) is 16. The lowest BCUT2D eigenvalue weighted by molar-refractivity contribution is -0.362. The third-order valence-electron chi connectivity index (χ3n) is 6.13. The van der Waals surface area contributed by atoms with Crippen molar-refractivity contribution >= 4 is 0 Å². The minimum Gasteiger partial charge on any atom is -0.394 e. The Balaban J connectivity index is 1.69. The zero-order chi connectivity index (χ0) is 25.4. The molecule has 3 aliphatic heterocycles. The summed E-state index contributed by atoms with van der Waals surface area (Å²) in [5.74, 6) is -2.45. The number of aliphatic hydroxyl groups excluding tert-OH is 10. The Bertz CT molecular complexity index is 653. The third-order valence-corrected chi connectivity index (χ3v) is 6.13. The average Bonchev–Trinajstić information content (AvgIpc) is 3.05. The minimum absolute atomic E-state index is 0.594. The van der Waals surface area contributed by atoms with Crippen molar-refractivity contribution in [1.82, 2.24) is 0 Å². The van der Waals surface area contributed by atoms with E-state index in [1.165, 1.54) is 0 Å². The molecule has 3 heterocycles. The Hall–Kier alpha value is -0.640. The van der Waals surface area contributed by atoms with Gasteiger partial charge in [0.25, 0.3) is 0 Å². The van der Waals surface area contributed by atoms with Crippen molar-refractivity contribution in [3.05, 3.63) is 0 Å². The molecule has 34 heavy (non-hydrogen) atoms. The number of aliphatic hydroxyl groups is 11. The van der Waals surface area contributed by atoms with Crippen molar-refractivity contribution in [2.24, 2.45) is 0 Å². The fourth-order valence-electron chi connectivity index (χ4n) is 4.01. The van der Waals surface area contributed by atoms with Gasteiger partial charge < -0.3 is 79.9 Å². The molecule has 0 unspecified atom stereocenters. The molecule has 3 aliphatic rings. The van der Waals surface area contributed by atoms with Gasteiger partial charge in [-0.05, 0) is 0 Å². The van der Waals surface area contributed by atoms with Crippen LogP contribution in [0.3, 0.4) is 0 Å². The fraction of sp³-hybridized carbons (Fsp3) is 1.00. The third kappa shape index (κ3) is 5.23. The zero-order valence-corrected chi connectivity index (χ0v) is 17.8. The monoisotopic (exact) mass is 504 g/mol. The molecule has 0 saturated carbocycles. The van der Waals surface area contributed by atoms with Crippen LogP contribution in [0.2, 0.25) is 0 Å². The molecule has 0 spiro atoms. The van der Waals surface area contributed by atoms with Crippen LogP contribution >= 0.6 is 0 Å². The topological polar surface area (TPSA) is 269 Å². The van der Waals surface area contributed by atoms with E-state index >= 15 is 0 Å². The fourth-order valence-corrected chi connectivity index (χ4v) is 4.01. The van der Waals surface area contributed by atoms with E-state index in [1.807, 2.05) is 0 Å². The summed E-state index contributed by atoms with van der Waals surface area (Å²) in [7, 11) is 0. The Morgan fingerprint density at radius 2 is 1.24 bits per heavy atom. The van der Waals surface area contributed by atoms with Crippen molar-refractivity contribution in [2.75, 3.05) is 26.4 Å². The van der Waals surface area contributed by atoms with Crippen LogP contribution in [-0.2, 0) is 23.7 Å². The molecule has 0 aromatic heterocycles. The molecule has 16 heteroatoms. The molecule has 0 aromatic carbocycles. The molecule has 0 bridgehead atoms. The molecule has 16 nitrogen and oxygen atoms in total.